The molecular formula is C25H24BrClN6O3. The Morgan fingerprint density at radius 2 is 1.81 bits per heavy atom. The highest BCUT2D eigenvalue weighted by Crippen LogP contribution is 2.37. The summed E-state index contributed by atoms with van der Waals surface area (Å²) >= 11 is 9.45. The van der Waals surface area contributed by atoms with Crippen molar-refractivity contribution < 1.29 is 14.4 Å². The summed E-state index contributed by atoms with van der Waals surface area (Å²) in [4.78, 5) is 43.2. The lowest BCUT2D eigenvalue weighted by Gasteiger charge is -2.25. The van der Waals surface area contributed by atoms with Crippen molar-refractivity contribution in [3.05, 3.63) is 69.3 Å². The van der Waals surface area contributed by atoms with E-state index in [2.05, 4.69) is 36.8 Å². The van der Waals surface area contributed by atoms with Gasteiger partial charge in [-0.2, -0.15) is 5.10 Å². The summed E-state index contributed by atoms with van der Waals surface area (Å²) in [5.74, 6) is -0.523. The summed E-state index contributed by atoms with van der Waals surface area (Å²) in [5, 5.41) is 12.5. The van der Waals surface area contributed by atoms with Gasteiger partial charge in [-0.25, -0.2) is 0 Å². The van der Waals surface area contributed by atoms with Crippen molar-refractivity contribution in [3.63, 3.8) is 0 Å². The summed E-state index contributed by atoms with van der Waals surface area (Å²) in [7, 11) is 1.90. The fraction of sp³-hybridized carbons (Fsp3) is 0.280. The zero-order valence-corrected chi connectivity index (χ0v) is 21.8. The number of aromatic nitrogens is 2. The molecule has 9 nitrogen and oxygen atoms in total. The van der Waals surface area contributed by atoms with Crippen molar-refractivity contribution >= 4 is 62.4 Å². The molecule has 1 aromatic heterocycles. The van der Waals surface area contributed by atoms with E-state index in [1.54, 1.807) is 29.2 Å². The number of anilines is 3. The maximum atomic E-state index is 13.6. The third kappa shape index (κ3) is 4.83. The van der Waals surface area contributed by atoms with E-state index in [-0.39, 0.29) is 27.5 Å². The van der Waals surface area contributed by atoms with Crippen LogP contribution in [-0.2, 0) is 4.79 Å². The van der Waals surface area contributed by atoms with Crippen molar-refractivity contribution in [2.75, 3.05) is 35.3 Å². The molecule has 1 aliphatic heterocycles. The predicted molar refractivity (Wildman–Crippen MR) is 142 cm³/mol. The smallest absolute Gasteiger partial charge is 0.271 e. The van der Waals surface area contributed by atoms with Crippen LogP contribution in [0, 0.1) is 5.92 Å². The van der Waals surface area contributed by atoms with Gasteiger partial charge in [0.2, 0.25) is 0 Å². The molecule has 2 heterocycles. The number of amides is 3. The topological polar surface area (TPSA) is 110 Å². The normalized spacial score (nSPS) is 17.4. The van der Waals surface area contributed by atoms with Crippen LogP contribution in [0.4, 0.5) is 17.2 Å². The number of H-pyrrole nitrogens is 1. The number of rotatable bonds is 6. The first-order valence-electron chi connectivity index (χ1n) is 11.6. The van der Waals surface area contributed by atoms with Crippen LogP contribution < -0.4 is 20.4 Å². The summed E-state index contributed by atoms with van der Waals surface area (Å²) in [6, 6.07) is 13.6. The molecule has 1 aliphatic carbocycles. The summed E-state index contributed by atoms with van der Waals surface area (Å²) in [5.41, 5.74) is 2.16. The number of nitrogens with zero attached hydrogens (tertiary/aromatic N) is 3. The number of carbonyl (C=O) groups is 3. The molecule has 5 rings (SSSR count). The minimum atomic E-state index is -0.773. The van der Waals surface area contributed by atoms with Gasteiger partial charge >= 0.3 is 0 Å². The highest BCUT2D eigenvalue weighted by atomic mass is 79.9. The number of carbonyl (C=O) groups excluding carboxylic acids is 3. The Morgan fingerprint density at radius 1 is 1.11 bits per heavy atom. The summed E-state index contributed by atoms with van der Waals surface area (Å²) in [6.07, 6.45) is 2.20. The molecule has 2 aliphatic rings. The van der Waals surface area contributed by atoms with Crippen LogP contribution in [0.25, 0.3) is 0 Å². The van der Waals surface area contributed by atoms with Gasteiger partial charge in [0, 0.05) is 20.1 Å². The van der Waals surface area contributed by atoms with Gasteiger partial charge in [-0.05, 0) is 59.0 Å². The Morgan fingerprint density at radius 3 is 2.53 bits per heavy atom. The number of halogens is 2. The maximum absolute atomic E-state index is 13.6. The molecule has 36 heavy (non-hydrogen) atoms. The first-order chi connectivity index (χ1) is 17.3. The van der Waals surface area contributed by atoms with Gasteiger partial charge in [-0.3, -0.25) is 19.5 Å². The second-order valence-corrected chi connectivity index (χ2v) is 10.2. The first-order valence-corrected chi connectivity index (χ1v) is 12.7. The lowest BCUT2D eigenvalue weighted by atomic mass is 10.2. The van der Waals surface area contributed by atoms with E-state index in [1.165, 1.54) is 0 Å². The Hall–Kier alpha value is -3.37. The lowest BCUT2D eigenvalue weighted by Crippen LogP contribution is -2.52. The number of hydrogen-bond donors (Lipinski definition) is 3. The van der Waals surface area contributed by atoms with Gasteiger partial charge in [-0.1, -0.05) is 35.9 Å². The molecule has 0 unspecified atom stereocenters. The van der Waals surface area contributed by atoms with E-state index < -0.39 is 17.9 Å². The molecule has 2 aromatic carbocycles. The zero-order chi connectivity index (χ0) is 25.4. The Labute approximate surface area is 221 Å². The average Bonchev–Trinajstić information content (AvgIpc) is 3.64. The molecule has 1 atom stereocenters. The molecule has 3 amide bonds. The highest BCUT2D eigenvalue weighted by Gasteiger charge is 2.37. The fourth-order valence-electron chi connectivity index (χ4n) is 4.24. The Balaban J connectivity index is 1.34. The van der Waals surface area contributed by atoms with Crippen LogP contribution >= 0.6 is 27.5 Å². The number of nitrogens with one attached hydrogen (secondary N) is 3. The molecular weight excluding hydrogens is 548 g/mol. The molecule has 1 fully saturated rings. The van der Waals surface area contributed by atoms with E-state index in [4.69, 9.17) is 11.6 Å². The first kappa shape index (κ1) is 24.3. The van der Waals surface area contributed by atoms with Gasteiger partial charge in [0.05, 0.1) is 26.4 Å². The zero-order valence-electron chi connectivity index (χ0n) is 19.4. The molecule has 3 N–H and O–H groups in total. The van der Waals surface area contributed by atoms with Crippen LogP contribution in [0.1, 0.15) is 33.7 Å². The quantitative estimate of drug-likeness (QED) is 0.413. The molecule has 3 aromatic rings. The minimum absolute atomic E-state index is 0.0930. The lowest BCUT2D eigenvalue weighted by molar-refractivity contribution is -0.120. The summed E-state index contributed by atoms with van der Waals surface area (Å²) < 4.78 is 0.271. The number of hydrogen-bond acceptors (Lipinski definition) is 5. The van der Waals surface area contributed by atoms with Gasteiger partial charge in [0.15, 0.2) is 5.82 Å². The molecule has 0 saturated heterocycles. The Kier molecular flexibility index (Phi) is 6.72. The minimum Gasteiger partial charge on any atom is -0.370 e. The third-order valence-corrected chi connectivity index (χ3v) is 7.43. The number of para-hydroxylation sites is 2. The molecule has 186 valence electrons. The van der Waals surface area contributed by atoms with Crippen LogP contribution in [0.3, 0.4) is 0 Å². The maximum Gasteiger partial charge on any atom is 0.271 e. The highest BCUT2D eigenvalue weighted by molar-refractivity contribution is 9.10. The van der Waals surface area contributed by atoms with Gasteiger partial charge < -0.3 is 20.4 Å². The van der Waals surface area contributed by atoms with Crippen LogP contribution in [0.2, 0.25) is 5.02 Å². The number of aromatic amines is 1. The van der Waals surface area contributed by atoms with Crippen molar-refractivity contribution in [3.8, 4) is 0 Å². The van der Waals surface area contributed by atoms with Gasteiger partial charge in [-0.15, -0.1) is 0 Å². The number of fused-ring (bicyclic) bond motifs is 1. The van der Waals surface area contributed by atoms with Crippen LogP contribution in [0.15, 0.2) is 53.0 Å². The molecule has 11 heteroatoms. The standard InChI is InChI=1S/C25H24BrClN6O3/c1-32-13-17(25(36)33(12-14-10-11-14)19-9-5-4-8-18(19)32)28-24(35)21-20(26)22(31-30-21)29-23(34)15-6-2-3-7-16(15)27/h2-9,14,17H,10-13H2,1H3,(H,28,35)(H2,29,30,31,34)/t17-/m1/s1. The SMILES string of the molecule is CN1C[C@@H](NC(=O)c2[nH]nc(NC(=O)c3ccccc3Cl)c2Br)C(=O)N(CC2CC2)c2ccccc21. The molecule has 0 bridgehead atoms. The fourth-order valence-corrected chi connectivity index (χ4v) is 4.92. The van der Waals surface area contributed by atoms with E-state index >= 15 is 0 Å². The van der Waals surface area contributed by atoms with E-state index in [1.807, 2.05) is 36.2 Å². The van der Waals surface area contributed by atoms with Gasteiger partial charge in [0.25, 0.3) is 17.7 Å². The second-order valence-electron chi connectivity index (χ2n) is 8.98. The van der Waals surface area contributed by atoms with Crippen LogP contribution in [0.5, 0.6) is 0 Å². The van der Waals surface area contributed by atoms with E-state index in [0.29, 0.717) is 24.0 Å². The molecule has 0 radical (unpaired) electrons. The molecule has 1 saturated carbocycles. The molecule has 0 spiro atoms. The van der Waals surface area contributed by atoms with Crippen molar-refractivity contribution in [2.24, 2.45) is 5.92 Å². The number of likely N-dealkylation sites (N-methyl/N-ethyl adjacent to an activating group) is 1. The third-order valence-electron chi connectivity index (χ3n) is 6.33. The van der Waals surface area contributed by atoms with Crippen LogP contribution in [-0.4, -0.2) is 54.1 Å². The monoisotopic (exact) mass is 570 g/mol. The largest absolute Gasteiger partial charge is 0.370 e. The predicted octanol–water partition coefficient (Wildman–Crippen LogP) is 4.07. The second kappa shape index (κ2) is 9.94. The number of benzene rings is 2. The van der Waals surface area contributed by atoms with Crippen molar-refractivity contribution in [2.45, 2.75) is 18.9 Å². The van der Waals surface area contributed by atoms with Crippen molar-refractivity contribution in [1.82, 2.24) is 15.5 Å². The Bertz CT molecular complexity index is 1340. The van der Waals surface area contributed by atoms with Gasteiger partial charge in [0.1, 0.15) is 11.7 Å². The van der Waals surface area contributed by atoms with Crippen molar-refractivity contribution in [1.29, 1.82) is 0 Å². The average molecular weight is 572 g/mol. The summed E-state index contributed by atoms with van der Waals surface area (Å²) in [6.45, 7) is 0.937. The van der Waals surface area contributed by atoms with E-state index in [0.717, 1.165) is 24.2 Å². The van der Waals surface area contributed by atoms with E-state index in [9.17, 15) is 14.4 Å².